The molecule has 4 nitrogen and oxygen atoms in total. The van der Waals surface area contributed by atoms with Crippen LogP contribution in [0.5, 0.6) is 0 Å². The van der Waals surface area contributed by atoms with Crippen molar-refractivity contribution in [2.24, 2.45) is 0 Å². The molecule has 0 aliphatic heterocycles. The number of aryl methyl sites for hydroxylation is 1. The number of carbonyl (C=O) groups excluding carboxylic acids is 1. The van der Waals surface area contributed by atoms with Crippen LogP contribution < -0.4 is 0 Å². The molecule has 23 heavy (non-hydrogen) atoms. The van der Waals surface area contributed by atoms with Crippen LogP contribution in [0.3, 0.4) is 0 Å². The Balaban J connectivity index is 2.04. The highest BCUT2D eigenvalue weighted by Gasteiger charge is 2.16. The molecule has 0 atom stereocenters. The monoisotopic (exact) mass is 312 g/mol. The Kier molecular flexibility index (Phi) is 5.92. The molecule has 0 saturated heterocycles. The molecule has 0 radical (unpaired) electrons. The van der Waals surface area contributed by atoms with E-state index in [-0.39, 0.29) is 17.7 Å². The third-order valence-corrected chi connectivity index (χ3v) is 3.56. The van der Waals surface area contributed by atoms with E-state index in [4.69, 9.17) is 9.84 Å². The lowest BCUT2D eigenvalue weighted by atomic mass is 10.1. The highest BCUT2D eigenvalue weighted by molar-refractivity contribution is 6.02. The molecule has 4 heteroatoms. The zero-order valence-electron chi connectivity index (χ0n) is 13.1. The highest BCUT2D eigenvalue weighted by atomic mass is 16.5. The van der Waals surface area contributed by atoms with Crippen molar-refractivity contribution in [2.45, 2.75) is 32.8 Å². The molecule has 0 amide bonds. The summed E-state index contributed by atoms with van der Waals surface area (Å²) >= 11 is 0. The Hall–Kier alpha value is -2.62. The van der Waals surface area contributed by atoms with E-state index >= 15 is 0 Å². The fourth-order valence-electron chi connectivity index (χ4n) is 2.33. The van der Waals surface area contributed by atoms with Gasteiger partial charge in [0.25, 0.3) is 0 Å². The van der Waals surface area contributed by atoms with Gasteiger partial charge in [0.05, 0.1) is 11.1 Å². The molecule has 0 fully saturated rings. The van der Waals surface area contributed by atoms with Gasteiger partial charge in [-0.1, -0.05) is 49.7 Å². The molecule has 0 heterocycles. The van der Waals surface area contributed by atoms with Crippen LogP contribution >= 0.6 is 0 Å². The molecular weight excluding hydrogens is 292 g/mol. The molecule has 120 valence electrons. The van der Waals surface area contributed by atoms with Gasteiger partial charge in [0.1, 0.15) is 6.61 Å². The van der Waals surface area contributed by atoms with Gasteiger partial charge in [-0.15, -0.1) is 0 Å². The summed E-state index contributed by atoms with van der Waals surface area (Å²) in [6, 6.07) is 14.0. The molecule has 0 unspecified atom stereocenters. The van der Waals surface area contributed by atoms with E-state index < -0.39 is 11.9 Å². The van der Waals surface area contributed by atoms with Crippen LogP contribution in [0.15, 0.2) is 48.5 Å². The first-order valence-electron chi connectivity index (χ1n) is 7.69. The molecule has 1 N–H and O–H groups in total. The summed E-state index contributed by atoms with van der Waals surface area (Å²) in [5.41, 5.74) is 2.14. The number of benzene rings is 2. The predicted molar refractivity (Wildman–Crippen MR) is 87.6 cm³/mol. The van der Waals surface area contributed by atoms with Gasteiger partial charge in [0.15, 0.2) is 0 Å². The minimum Gasteiger partial charge on any atom is -0.478 e. The topological polar surface area (TPSA) is 63.6 Å². The zero-order chi connectivity index (χ0) is 16.7. The smallest absolute Gasteiger partial charge is 0.339 e. The van der Waals surface area contributed by atoms with E-state index in [0.29, 0.717) is 0 Å². The van der Waals surface area contributed by atoms with Crippen molar-refractivity contribution in [3.63, 3.8) is 0 Å². The van der Waals surface area contributed by atoms with Crippen molar-refractivity contribution in [3.05, 3.63) is 70.8 Å². The minimum absolute atomic E-state index is 0.0470. The molecule has 0 aliphatic rings. The standard InChI is InChI=1S/C19H20O4/c1-2-3-7-14-8-6-9-15(12-14)13-23-19(22)17-11-5-4-10-16(17)18(20)21/h4-6,8-12H,2-3,7,13H2,1H3,(H,20,21). The highest BCUT2D eigenvalue weighted by Crippen LogP contribution is 2.13. The van der Waals surface area contributed by atoms with Crippen LogP contribution in [-0.2, 0) is 17.8 Å². The predicted octanol–water partition coefficient (Wildman–Crippen LogP) is 4.08. The molecule has 0 aromatic heterocycles. The Morgan fingerprint density at radius 2 is 1.70 bits per heavy atom. The van der Waals surface area contributed by atoms with Gasteiger partial charge in [-0.3, -0.25) is 0 Å². The first-order valence-corrected chi connectivity index (χ1v) is 7.69. The van der Waals surface area contributed by atoms with Crippen LogP contribution in [-0.4, -0.2) is 17.0 Å². The number of carboxylic acids is 1. The molecular formula is C19H20O4. The van der Waals surface area contributed by atoms with Gasteiger partial charge in [0.2, 0.25) is 0 Å². The van der Waals surface area contributed by atoms with Gasteiger partial charge < -0.3 is 9.84 Å². The lowest BCUT2D eigenvalue weighted by Crippen LogP contribution is -2.11. The van der Waals surface area contributed by atoms with Gasteiger partial charge in [-0.2, -0.15) is 0 Å². The summed E-state index contributed by atoms with van der Waals surface area (Å²) in [4.78, 5) is 23.3. The number of rotatable bonds is 7. The maximum Gasteiger partial charge on any atom is 0.339 e. The summed E-state index contributed by atoms with van der Waals surface area (Å²) in [6.07, 6.45) is 3.25. The van der Waals surface area contributed by atoms with Gasteiger partial charge in [-0.05, 0) is 36.1 Å². The molecule has 0 spiro atoms. The molecule has 2 aromatic carbocycles. The average Bonchev–Trinajstić information content (AvgIpc) is 2.58. The summed E-state index contributed by atoms with van der Waals surface area (Å²) < 4.78 is 5.26. The second-order valence-corrected chi connectivity index (χ2v) is 5.35. The Morgan fingerprint density at radius 1 is 1.00 bits per heavy atom. The van der Waals surface area contributed by atoms with Crippen molar-refractivity contribution >= 4 is 11.9 Å². The van der Waals surface area contributed by atoms with Gasteiger partial charge in [0, 0.05) is 0 Å². The fourth-order valence-corrected chi connectivity index (χ4v) is 2.33. The van der Waals surface area contributed by atoms with Crippen LogP contribution in [0.4, 0.5) is 0 Å². The lowest BCUT2D eigenvalue weighted by Gasteiger charge is -2.08. The van der Waals surface area contributed by atoms with Crippen LogP contribution in [0.1, 0.15) is 51.6 Å². The number of esters is 1. The molecule has 0 aliphatic carbocycles. The second kappa shape index (κ2) is 8.13. The number of hydrogen-bond acceptors (Lipinski definition) is 3. The number of carbonyl (C=O) groups is 2. The van der Waals surface area contributed by atoms with Gasteiger partial charge in [-0.25, -0.2) is 9.59 Å². The number of ether oxygens (including phenoxy) is 1. The van der Waals surface area contributed by atoms with Crippen molar-refractivity contribution in [3.8, 4) is 0 Å². The second-order valence-electron chi connectivity index (χ2n) is 5.35. The SMILES string of the molecule is CCCCc1cccc(COC(=O)c2ccccc2C(=O)O)c1. The van der Waals surface area contributed by atoms with Crippen molar-refractivity contribution in [2.75, 3.05) is 0 Å². The fraction of sp³-hybridized carbons (Fsp3) is 0.263. The minimum atomic E-state index is -1.14. The Morgan fingerprint density at radius 3 is 2.39 bits per heavy atom. The van der Waals surface area contributed by atoms with Gasteiger partial charge >= 0.3 is 11.9 Å². The zero-order valence-corrected chi connectivity index (χ0v) is 13.1. The number of hydrogen-bond donors (Lipinski definition) is 1. The van der Waals surface area contributed by atoms with Crippen molar-refractivity contribution < 1.29 is 19.4 Å². The summed E-state index contributed by atoms with van der Waals surface area (Å²) in [6.45, 7) is 2.28. The molecule has 2 aromatic rings. The summed E-state index contributed by atoms with van der Waals surface area (Å²) in [7, 11) is 0. The number of aromatic carboxylic acids is 1. The third-order valence-electron chi connectivity index (χ3n) is 3.56. The normalized spacial score (nSPS) is 10.3. The number of carboxylic acid groups (broad SMARTS) is 1. The third kappa shape index (κ3) is 4.68. The Bertz CT molecular complexity index is 691. The van der Waals surface area contributed by atoms with Crippen molar-refractivity contribution in [1.82, 2.24) is 0 Å². The summed E-state index contributed by atoms with van der Waals surface area (Å²) in [5, 5.41) is 9.11. The maximum atomic E-state index is 12.1. The van der Waals surface area contributed by atoms with E-state index in [9.17, 15) is 9.59 Å². The molecule has 2 rings (SSSR count). The van der Waals surface area contributed by atoms with E-state index in [1.54, 1.807) is 12.1 Å². The van der Waals surface area contributed by atoms with Crippen LogP contribution in [0, 0.1) is 0 Å². The van der Waals surface area contributed by atoms with Crippen molar-refractivity contribution in [1.29, 1.82) is 0 Å². The largest absolute Gasteiger partial charge is 0.478 e. The van der Waals surface area contributed by atoms with E-state index in [0.717, 1.165) is 24.8 Å². The first-order chi connectivity index (χ1) is 11.1. The van der Waals surface area contributed by atoms with E-state index in [1.165, 1.54) is 17.7 Å². The van der Waals surface area contributed by atoms with Crippen LogP contribution in [0.25, 0.3) is 0 Å². The molecule has 0 saturated carbocycles. The van der Waals surface area contributed by atoms with Crippen LogP contribution in [0.2, 0.25) is 0 Å². The first kappa shape index (κ1) is 16.7. The number of unbranched alkanes of at least 4 members (excludes halogenated alkanes) is 1. The quantitative estimate of drug-likeness (QED) is 0.782. The maximum absolute atomic E-state index is 12.1. The summed E-state index contributed by atoms with van der Waals surface area (Å²) in [5.74, 6) is -1.76. The lowest BCUT2D eigenvalue weighted by molar-refractivity contribution is 0.0463. The van der Waals surface area contributed by atoms with E-state index in [1.807, 2.05) is 18.2 Å². The van der Waals surface area contributed by atoms with E-state index in [2.05, 4.69) is 13.0 Å². The average molecular weight is 312 g/mol. The molecule has 0 bridgehead atoms. The Labute approximate surface area is 135 Å².